The highest BCUT2D eigenvalue weighted by molar-refractivity contribution is 5.69. The average molecular weight is 292 g/mol. The van der Waals surface area contributed by atoms with E-state index in [1.54, 1.807) is 0 Å². The number of benzene rings is 2. The maximum Gasteiger partial charge on any atom is 0.271 e. The monoisotopic (exact) mass is 292 g/mol. The van der Waals surface area contributed by atoms with Gasteiger partial charge in [0.1, 0.15) is 6.17 Å². The van der Waals surface area contributed by atoms with Gasteiger partial charge in [-0.25, -0.2) is 0 Å². The van der Waals surface area contributed by atoms with Crippen LogP contribution in [0.2, 0.25) is 0 Å². The van der Waals surface area contributed by atoms with Gasteiger partial charge in [-0.2, -0.15) is 5.84 Å². The van der Waals surface area contributed by atoms with Crippen LogP contribution in [0.5, 0.6) is 0 Å². The van der Waals surface area contributed by atoms with Gasteiger partial charge >= 0.3 is 0 Å². The molecule has 4 rings (SSSR count). The van der Waals surface area contributed by atoms with Crippen molar-refractivity contribution in [3.8, 4) is 0 Å². The van der Waals surface area contributed by atoms with Crippen LogP contribution in [0.4, 0.5) is 11.4 Å². The molecule has 0 fully saturated rings. The van der Waals surface area contributed by atoms with Crippen molar-refractivity contribution in [3.63, 3.8) is 0 Å². The number of nitrogens with two attached hydrogens (primary N) is 1. The summed E-state index contributed by atoms with van der Waals surface area (Å²) >= 11 is 0. The summed E-state index contributed by atoms with van der Waals surface area (Å²) in [6.45, 7) is 0. The summed E-state index contributed by atoms with van der Waals surface area (Å²) in [5.41, 5.74) is 13.1. The fourth-order valence-electron chi connectivity index (χ4n) is 3.36. The van der Waals surface area contributed by atoms with Gasteiger partial charge in [0, 0.05) is 22.6 Å². The molecule has 2 aliphatic rings. The maximum atomic E-state index is 7.71. The number of rotatable bonds is 2. The summed E-state index contributed by atoms with van der Waals surface area (Å²) in [5.74, 6) is 5.65. The number of nitrogens with one attached hydrogen (secondary N) is 3. The normalized spacial score (nSPS) is 21.8. The van der Waals surface area contributed by atoms with Crippen LogP contribution < -0.4 is 16.5 Å². The van der Waals surface area contributed by atoms with Gasteiger partial charge in [0.05, 0.1) is 5.56 Å². The molecule has 5 nitrogen and oxygen atoms in total. The van der Waals surface area contributed by atoms with Crippen molar-refractivity contribution in [1.29, 1.82) is 5.53 Å². The van der Waals surface area contributed by atoms with E-state index in [-0.39, 0.29) is 12.2 Å². The zero-order valence-electron chi connectivity index (χ0n) is 12.1. The Hall–Kier alpha value is -2.66. The third-order valence-electron chi connectivity index (χ3n) is 4.33. The molecule has 0 radical (unpaired) electrons. The summed E-state index contributed by atoms with van der Waals surface area (Å²) in [5, 5.41) is 7.17. The Morgan fingerprint density at radius 3 is 2.86 bits per heavy atom. The van der Waals surface area contributed by atoms with Crippen LogP contribution in [0.25, 0.3) is 6.08 Å². The molecule has 110 valence electrons. The molecule has 0 saturated heterocycles. The molecule has 1 aliphatic carbocycles. The van der Waals surface area contributed by atoms with Gasteiger partial charge in [0.2, 0.25) is 0 Å². The number of nitrogens with zero attached hydrogens (tertiary/aromatic N) is 1. The lowest BCUT2D eigenvalue weighted by atomic mass is 9.88. The first-order chi connectivity index (χ1) is 10.7. The van der Waals surface area contributed by atoms with E-state index in [2.05, 4.69) is 41.0 Å². The van der Waals surface area contributed by atoms with E-state index in [9.17, 15) is 0 Å². The first-order valence-electron chi connectivity index (χ1n) is 7.41. The van der Waals surface area contributed by atoms with Crippen molar-refractivity contribution in [2.45, 2.75) is 18.6 Å². The van der Waals surface area contributed by atoms with Crippen molar-refractivity contribution in [2.75, 3.05) is 5.32 Å². The van der Waals surface area contributed by atoms with Crippen LogP contribution in [0.3, 0.4) is 0 Å². The molecule has 22 heavy (non-hydrogen) atoms. The second-order valence-electron chi connectivity index (χ2n) is 5.67. The summed E-state index contributed by atoms with van der Waals surface area (Å²) in [4.78, 5) is 0.922. The van der Waals surface area contributed by atoms with Gasteiger partial charge in [-0.05, 0) is 35.2 Å². The fourth-order valence-corrected chi connectivity index (χ4v) is 3.36. The standard InChI is InChI=1S/C17H18N5/c18-22(19)15-10-2-1-7-12(15)17-20-13-8-3-5-11-6-4-9-14(21-17)16(11)13/h1-8,10,14,17,20-21H,9H2,(H3,18,19)/q+1. The minimum atomic E-state index is -0.0631. The van der Waals surface area contributed by atoms with E-state index in [1.165, 1.54) is 11.1 Å². The van der Waals surface area contributed by atoms with E-state index in [0.717, 1.165) is 22.5 Å². The lowest BCUT2D eigenvalue weighted by Gasteiger charge is -2.36. The van der Waals surface area contributed by atoms with Crippen molar-refractivity contribution in [3.05, 3.63) is 65.2 Å². The Morgan fingerprint density at radius 1 is 1.14 bits per heavy atom. The zero-order chi connectivity index (χ0) is 15.1. The highest BCUT2D eigenvalue weighted by Crippen LogP contribution is 2.41. The Labute approximate surface area is 128 Å². The Morgan fingerprint density at radius 2 is 2.00 bits per heavy atom. The first kappa shape index (κ1) is 13.0. The second-order valence-corrected chi connectivity index (χ2v) is 5.67. The maximum absolute atomic E-state index is 7.71. The van der Waals surface area contributed by atoms with Crippen LogP contribution in [-0.4, -0.2) is 4.81 Å². The zero-order valence-corrected chi connectivity index (χ0v) is 12.1. The lowest BCUT2D eigenvalue weighted by molar-refractivity contribution is -0.548. The van der Waals surface area contributed by atoms with Crippen LogP contribution in [-0.2, 0) is 0 Å². The van der Waals surface area contributed by atoms with Gasteiger partial charge in [0.25, 0.3) is 5.69 Å². The van der Waals surface area contributed by atoms with Crippen LogP contribution in [0, 0.1) is 5.53 Å². The van der Waals surface area contributed by atoms with E-state index in [4.69, 9.17) is 11.4 Å². The molecule has 0 amide bonds. The SMILES string of the molecule is N=[N+](N)c1ccccc1C1Nc2cccc3c2C(CC=C3)N1. The Balaban J connectivity index is 1.78. The molecule has 1 aliphatic heterocycles. The highest BCUT2D eigenvalue weighted by atomic mass is 15.4. The minimum absolute atomic E-state index is 0.0631. The molecule has 5 N–H and O–H groups in total. The quantitative estimate of drug-likeness (QED) is 0.296. The van der Waals surface area contributed by atoms with Crippen molar-refractivity contribution in [1.82, 2.24) is 5.32 Å². The topological polar surface area (TPSA) is 76.9 Å². The molecule has 2 aromatic carbocycles. The van der Waals surface area contributed by atoms with E-state index < -0.39 is 0 Å². The van der Waals surface area contributed by atoms with Crippen LogP contribution >= 0.6 is 0 Å². The van der Waals surface area contributed by atoms with Gasteiger partial charge in [-0.3, -0.25) is 5.32 Å². The molecule has 1 heterocycles. The Kier molecular flexibility index (Phi) is 2.94. The van der Waals surface area contributed by atoms with Crippen molar-refractivity contribution >= 4 is 17.5 Å². The minimum Gasteiger partial charge on any atom is -0.365 e. The van der Waals surface area contributed by atoms with Gasteiger partial charge in [-0.15, -0.1) is 0 Å². The fraction of sp³-hybridized carbons (Fsp3) is 0.176. The summed E-state index contributed by atoms with van der Waals surface area (Å²) in [6.07, 6.45) is 5.29. The summed E-state index contributed by atoms with van der Waals surface area (Å²) in [6, 6.07) is 14.3. The number of para-hydroxylation sites is 1. The van der Waals surface area contributed by atoms with E-state index in [1.807, 2.05) is 24.3 Å². The molecule has 0 spiro atoms. The molecule has 0 saturated carbocycles. The molecular weight excluding hydrogens is 274 g/mol. The number of hydrazine groups is 1. The van der Waals surface area contributed by atoms with Gasteiger partial charge in [0.15, 0.2) is 0 Å². The number of hydrogen-bond acceptors (Lipinski definition) is 3. The van der Waals surface area contributed by atoms with E-state index in [0.29, 0.717) is 5.69 Å². The van der Waals surface area contributed by atoms with Crippen molar-refractivity contribution < 1.29 is 4.81 Å². The predicted octanol–water partition coefficient (Wildman–Crippen LogP) is 3.41. The molecular formula is C17H18N5+. The largest absolute Gasteiger partial charge is 0.365 e. The number of hydrogen-bond donors (Lipinski definition) is 4. The molecule has 2 aromatic rings. The average Bonchev–Trinajstić information content (AvgIpc) is 2.55. The molecule has 0 aromatic heterocycles. The predicted molar refractivity (Wildman–Crippen MR) is 85.6 cm³/mol. The third kappa shape index (κ3) is 1.98. The third-order valence-corrected chi connectivity index (χ3v) is 4.33. The Bertz CT molecular complexity index is 780. The molecule has 5 heteroatoms. The van der Waals surface area contributed by atoms with Gasteiger partial charge < -0.3 is 5.32 Å². The molecule has 0 bridgehead atoms. The number of anilines is 1. The van der Waals surface area contributed by atoms with Crippen LogP contribution in [0.1, 0.15) is 35.3 Å². The second kappa shape index (κ2) is 4.96. The van der Waals surface area contributed by atoms with E-state index >= 15 is 0 Å². The smallest absolute Gasteiger partial charge is 0.271 e. The molecule has 2 atom stereocenters. The van der Waals surface area contributed by atoms with Gasteiger partial charge in [-0.1, -0.05) is 36.4 Å². The lowest BCUT2D eigenvalue weighted by Crippen LogP contribution is -2.38. The molecule has 2 unspecified atom stereocenters. The summed E-state index contributed by atoms with van der Waals surface area (Å²) < 4.78 is 0. The summed E-state index contributed by atoms with van der Waals surface area (Å²) in [7, 11) is 0. The highest BCUT2D eigenvalue weighted by Gasteiger charge is 2.31. The first-order valence-corrected chi connectivity index (χ1v) is 7.41. The van der Waals surface area contributed by atoms with Crippen molar-refractivity contribution in [2.24, 2.45) is 5.84 Å². The van der Waals surface area contributed by atoms with Crippen LogP contribution in [0.15, 0.2) is 48.5 Å².